The first-order valence-electron chi connectivity index (χ1n) is 7.19. The Hall–Kier alpha value is -1.75. The lowest BCUT2D eigenvalue weighted by Crippen LogP contribution is -2.63. The molecule has 2 fully saturated rings. The Morgan fingerprint density at radius 1 is 1.50 bits per heavy atom. The summed E-state index contributed by atoms with van der Waals surface area (Å²) >= 11 is 0. The van der Waals surface area contributed by atoms with Gasteiger partial charge < -0.3 is 20.1 Å². The average Bonchev–Trinajstić information content (AvgIpc) is 3.19. The number of hydrogen-bond acceptors (Lipinski definition) is 3. The first-order valence-corrected chi connectivity index (χ1v) is 7.19. The lowest BCUT2D eigenvalue weighted by molar-refractivity contribution is 0.194. The van der Waals surface area contributed by atoms with Crippen LogP contribution in [0.2, 0.25) is 0 Å². The fraction of sp³-hybridized carbons (Fsp3) is 0.533. The van der Waals surface area contributed by atoms with Gasteiger partial charge in [-0.2, -0.15) is 0 Å². The summed E-state index contributed by atoms with van der Waals surface area (Å²) < 4.78 is 11.3. The van der Waals surface area contributed by atoms with Crippen molar-refractivity contribution >= 4 is 6.03 Å². The molecule has 1 aromatic carbocycles. The molecule has 0 bridgehead atoms. The van der Waals surface area contributed by atoms with Gasteiger partial charge in [-0.05, 0) is 43.4 Å². The van der Waals surface area contributed by atoms with Crippen molar-refractivity contribution in [2.75, 3.05) is 6.61 Å². The Morgan fingerprint density at radius 3 is 3.25 bits per heavy atom. The summed E-state index contributed by atoms with van der Waals surface area (Å²) in [6.45, 7) is 2.68. The number of hydrogen-bond donors (Lipinski definition) is 2. The zero-order chi connectivity index (χ0) is 13.7. The van der Waals surface area contributed by atoms with Crippen LogP contribution in [0.5, 0.6) is 5.75 Å². The summed E-state index contributed by atoms with van der Waals surface area (Å²) in [5, 5.41) is 5.88. The van der Waals surface area contributed by atoms with Crippen molar-refractivity contribution in [1.82, 2.24) is 10.6 Å². The number of benzene rings is 1. The summed E-state index contributed by atoms with van der Waals surface area (Å²) in [5.41, 5.74) is 2.30. The van der Waals surface area contributed by atoms with Crippen molar-refractivity contribution in [2.24, 2.45) is 0 Å². The van der Waals surface area contributed by atoms with Crippen LogP contribution in [0.4, 0.5) is 4.79 Å². The predicted molar refractivity (Wildman–Crippen MR) is 72.7 cm³/mol. The van der Waals surface area contributed by atoms with Crippen LogP contribution < -0.4 is 15.4 Å². The van der Waals surface area contributed by atoms with E-state index >= 15 is 0 Å². The molecule has 2 heterocycles. The number of epoxide rings is 1. The monoisotopic (exact) mass is 274 g/mol. The van der Waals surface area contributed by atoms with Crippen LogP contribution >= 0.6 is 0 Å². The van der Waals surface area contributed by atoms with Crippen LogP contribution in [0.15, 0.2) is 18.2 Å². The number of rotatable bonds is 2. The van der Waals surface area contributed by atoms with E-state index in [0.29, 0.717) is 6.61 Å². The van der Waals surface area contributed by atoms with Gasteiger partial charge in [0.25, 0.3) is 0 Å². The van der Waals surface area contributed by atoms with E-state index in [-0.39, 0.29) is 23.9 Å². The molecule has 4 rings (SSSR count). The van der Waals surface area contributed by atoms with Gasteiger partial charge in [-0.3, -0.25) is 0 Å². The normalized spacial score (nSPS) is 33.8. The summed E-state index contributed by atoms with van der Waals surface area (Å²) in [6.07, 6.45) is 2.64. The zero-order valence-corrected chi connectivity index (χ0v) is 11.4. The molecule has 3 atom stereocenters. The summed E-state index contributed by atoms with van der Waals surface area (Å²) in [5.74, 6) is 0.980. The van der Waals surface area contributed by atoms with Crippen LogP contribution in [0, 0.1) is 0 Å². The van der Waals surface area contributed by atoms with E-state index in [1.807, 2.05) is 19.1 Å². The van der Waals surface area contributed by atoms with Crippen molar-refractivity contribution < 1.29 is 14.3 Å². The van der Waals surface area contributed by atoms with Gasteiger partial charge in [-0.15, -0.1) is 0 Å². The van der Waals surface area contributed by atoms with Crippen LogP contribution in [-0.2, 0) is 17.6 Å². The SMILES string of the molecule is CCOc1cccc2c1CC[C@@]1(C2)NC(=O)NC2OC21. The van der Waals surface area contributed by atoms with E-state index in [4.69, 9.17) is 9.47 Å². The van der Waals surface area contributed by atoms with Gasteiger partial charge in [-0.25, -0.2) is 4.79 Å². The van der Waals surface area contributed by atoms with Gasteiger partial charge in [-0.1, -0.05) is 12.1 Å². The minimum Gasteiger partial charge on any atom is -0.494 e. The topological polar surface area (TPSA) is 62.9 Å². The lowest BCUT2D eigenvalue weighted by Gasteiger charge is -2.40. The molecule has 5 nitrogen and oxygen atoms in total. The Bertz CT molecular complexity index is 574. The smallest absolute Gasteiger partial charge is 0.317 e. The van der Waals surface area contributed by atoms with Crippen LogP contribution in [0.3, 0.4) is 0 Å². The molecule has 2 saturated heterocycles. The third-order valence-corrected chi connectivity index (χ3v) is 4.53. The van der Waals surface area contributed by atoms with Crippen molar-refractivity contribution in [3.8, 4) is 5.75 Å². The minimum atomic E-state index is -0.245. The van der Waals surface area contributed by atoms with Gasteiger partial charge in [0, 0.05) is 0 Å². The number of fused-ring (bicyclic) bond motifs is 3. The Balaban J connectivity index is 1.67. The molecule has 1 aromatic rings. The van der Waals surface area contributed by atoms with E-state index < -0.39 is 0 Å². The average molecular weight is 274 g/mol. The Kier molecular flexibility index (Phi) is 2.48. The van der Waals surface area contributed by atoms with Gasteiger partial charge in [0.15, 0.2) is 6.23 Å². The highest BCUT2D eigenvalue weighted by molar-refractivity contribution is 5.77. The quantitative estimate of drug-likeness (QED) is 0.800. The third kappa shape index (κ3) is 1.69. The Morgan fingerprint density at radius 2 is 2.40 bits per heavy atom. The molecule has 0 aromatic heterocycles. The molecule has 0 saturated carbocycles. The van der Waals surface area contributed by atoms with Crippen LogP contribution in [0.1, 0.15) is 24.5 Å². The summed E-state index contributed by atoms with van der Waals surface area (Å²) in [6, 6.07) is 6.06. The number of ether oxygens (including phenoxy) is 2. The largest absolute Gasteiger partial charge is 0.494 e. The first kappa shape index (κ1) is 12.0. The second-order valence-electron chi connectivity index (χ2n) is 5.74. The van der Waals surface area contributed by atoms with Gasteiger partial charge in [0.2, 0.25) is 0 Å². The molecule has 2 N–H and O–H groups in total. The van der Waals surface area contributed by atoms with Crippen molar-refractivity contribution in [2.45, 2.75) is 44.1 Å². The fourth-order valence-corrected chi connectivity index (χ4v) is 3.58. The molecule has 0 radical (unpaired) electrons. The maximum atomic E-state index is 11.7. The van der Waals surface area contributed by atoms with Crippen molar-refractivity contribution in [3.05, 3.63) is 29.3 Å². The molecule has 5 heteroatoms. The predicted octanol–water partition coefficient (Wildman–Crippen LogP) is 1.35. The van der Waals surface area contributed by atoms with Crippen molar-refractivity contribution in [1.29, 1.82) is 0 Å². The van der Waals surface area contributed by atoms with E-state index in [0.717, 1.165) is 25.0 Å². The number of nitrogens with one attached hydrogen (secondary N) is 2. The van der Waals surface area contributed by atoms with E-state index in [2.05, 4.69) is 16.7 Å². The highest BCUT2D eigenvalue weighted by Gasteiger charge is 2.60. The van der Waals surface area contributed by atoms with Crippen LogP contribution in [0.25, 0.3) is 0 Å². The first-order chi connectivity index (χ1) is 9.72. The van der Waals surface area contributed by atoms with Gasteiger partial charge >= 0.3 is 6.03 Å². The highest BCUT2D eigenvalue weighted by Crippen LogP contribution is 2.43. The summed E-state index contributed by atoms with van der Waals surface area (Å²) in [4.78, 5) is 11.7. The molecule has 106 valence electrons. The second-order valence-corrected chi connectivity index (χ2v) is 5.74. The number of amides is 2. The molecular weight excluding hydrogens is 256 g/mol. The van der Waals surface area contributed by atoms with E-state index in [1.54, 1.807) is 0 Å². The molecule has 1 aliphatic carbocycles. The molecule has 2 unspecified atom stereocenters. The number of carbonyl (C=O) groups is 1. The molecule has 2 aliphatic heterocycles. The molecular formula is C15H18N2O3. The molecule has 20 heavy (non-hydrogen) atoms. The van der Waals surface area contributed by atoms with E-state index in [1.165, 1.54) is 11.1 Å². The number of urea groups is 1. The second kappa shape index (κ2) is 4.12. The maximum Gasteiger partial charge on any atom is 0.317 e. The summed E-state index contributed by atoms with van der Waals surface area (Å²) in [7, 11) is 0. The van der Waals surface area contributed by atoms with E-state index in [9.17, 15) is 4.79 Å². The van der Waals surface area contributed by atoms with Crippen LogP contribution in [-0.4, -0.2) is 30.5 Å². The maximum absolute atomic E-state index is 11.7. The molecule has 3 aliphatic rings. The fourth-order valence-electron chi connectivity index (χ4n) is 3.58. The zero-order valence-electron chi connectivity index (χ0n) is 11.4. The number of carbonyl (C=O) groups excluding carboxylic acids is 1. The van der Waals surface area contributed by atoms with Crippen molar-refractivity contribution in [3.63, 3.8) is 0 Å². The standard InChI is InChI=1S/C15H18N2O3/c1-2-19-11-5-3-4-9-8-15(7-6-10(9)11)12-13(20-12)16-14(18)17-15/h3-5,12-13H,2,6-8H2,1H3,(H2,16,17,18)/t12?,13?,15-/m0/s1. The Labute approximate surface area is 117 Å². The van der Waals surface area contributed by atoms with Gasteiger partial charge in [0.05, 0.1) is 12.1 Å². The molecule has 1 spiro atoms. The third-order valence-electron chi connectivity index (χ3n) is 4.53. The van der Waals surface area contributed by atoms with Gasteiger partial charge in [0.1, 0.15) is 11.9 Å². The minimum absolute atomic E-state index is 0.0969. The highest BCUT2D eigenvalue weighted by atomic mass is 16.6. The lowest BCUT2D eigenvalue weighted by atomic mass is 9.75. The molecule has 2 amide bonds.